The quantitative estimate of drug-likeness (QED) is 0.414. The summed E-state index contributed by atoms with van der Waals surface area (Å²) < 4.78 is 24.5. The minimum atomic E-state index is -3.33. The van der Waals surface area contributed by atoms with Crippen molar-refractivity contribution in [3.63, 3.8) is 0 Å². The van der Waals surface area contributed by atoms with E-state index in [-0.39, 0.29) is 10.8 Å². The monoisotopic (exact) mass is 456 g/mol. The highest BCUT2D eigenvalue weighted by Crippen LogP contribution is 2.32. The highest BCUT2D eigenvalue weighted by Gasteiger charge is 2.22. The Morgan fingerprint density at radius 2 is 1.73 bits per heavy atom. The first kappa shape index (κ1) is 20.5. The fourth-order valence-corrected chi connectivity index (χ4v) is 4.83. The van der Waals surface area contributed by atoms with Gasteiger partial charge in [0.05, 0.1) is 21.7 Å². The molecule has 0 radical (unpaired) electrons. The molecule has 4 aromatic rings. The summed E-state index contributed by atoms with van der Waals surface area (Å²) in [6.45, 7) is 0.334. The smallest absolute Gasteiger partial charge is 0.260 e. The second-order valence-corrected chi connectivity index (χ2v) is 10.2. The molecule has 0 aliphatic rings. The van der Waals surface area contributed by atoms with E-state index in [1.807, 2.05) is 30.3 Å². The van der Waals surface area contributed by atoms with Crippen molar-refractivity contribution in [1.29, 1.82) is 0 Å². The van der Waals surface area contributed by atoms with E-state index in [9.17, 15) is 13.2 Å². The van der Waals surface area contributed by atoms with Gasteiger partial charge >= 0.3 is 0 Å². The Balaban J connectivity index is 1.78. The van der Waals surface area contributed by atoms with Crippen LogP contribution in [0.1, 0.15) is 15.9 Å². The van der Waals surface area contributed by atoms with Gasteiger partial charge in [-0.15, -0.1) is 0 Å². The molecule has 0 saturated carbocycles. The summed E-state index contributed by atoms with van der Waals surface area (Å²) in [4.78, 5) is 19.7. The molecule has 0 aliphatic carbocycles. The molecule has 1 aromatic heterocycles. The molecule has 0 saturated heterocycles. The average molecular weight is 457 g/mol. The Hall–Kier alpha value is -2.74. The third kappa shape index (κ3) is 4.38. The predicted octanol–water partition coefficient (Wildman–Crippen LogP) is 5.20. The van der Waals surface area contributed by atoms with Crippen LogP contribution in [0.15, 0.2) is 77.7 Å². The molecule has 8 heteroatoms. The number of hydrogen-bond acceptors (Lipinski definition) is 5. The molecule has 152 valence electrons. The molecule has 1 heterocycles. The molecule has 3 aromatic carbocycles. The first-order chi connectivity index (χ1) is 14.3. The Kier molecular flexibility index (Phi) is 5.60. The number of carbonyl (C=O) groups is 1. The Bertz CT molecular complexity index is 1320. The number of hydrogen-bond donors (Lipinski definition) is 0. The van der Waals surface area contributed by atoms with Crippen LogP contribution in [0.3, 0.4) is 0 Å². The standard InChI is InChI=1S/C22H17ClN2O3S2/c1-30(27,28)18-11-12-19-20(13-18)29-22(24-19)25(14-15-5-3-2-4-6-15)21(26)16-7-9-17(23)10-8-16/h2-13H,14H2,1H3. The van der Waals surface area contributed by atoms with E-state index in [4.69, 9.17) is 11.6 Å². The first-order valence-corrected chi connectivity index (χ1v) is 12.1. The number of rotatable bonds is 5. The maximum Gasteiger partial charge on any atom is 0.260 e. The summed E-state index contributed by atoms with van der Waals surface area (Å²) in [5.74, 6) is -0.210. The minimum Gasteiger partial charge on any atom is -0.279 e. The molecule has 0 unspecified atom stereocenters. The summed E-state index contributed by atoms with van der Waals surface area (Å²) in [5, 5.41) is 1.05. The van der Waals surface area contributed by atoms with Crippen LogP contribution in [0.4, 0.5) is 5.13 Å². The van der Waals surface area contributed by atoms with Gasteiger partial charge in [-0.25, -0.2) is 13.4 Å². The third-order valence-electron chi connectivity index (χ3n) is 4.53. The van der Waals surface area contributed by atoms with Gasteiger partial charge in [-0.2, -0.15) is 0 Å². The molecule has 0 N–H and O–H groups in total. The SMILES string of the molecule is CS(=O)(=O)c1ccc2nc(N(Cc3ccccc3)C(=O)c3ccc(Cl)cc3)sc2c1. The number of carbonyl (C=O) groups excluding carboxylic acids is 1. The molecule has 0 atom stereocenters. The lowest BCUT2D eigenvalue weighted by atomic mass is 10.1. The minimum absolute atomic E-state index is 0.210. The van der Waals surface area contributed by atoms with E-state index < -0.39 is 9.84 Å². The van der Waals surface area contributed by atoms with Crippen molar-refractivity contribution in [2.75, 3.05) is 11.2 Å². The zero-order chi connectivity index (χ0) is 21.3. The molecule has 0 fully saturated rings. The maximum absolute atomic E-state index is 13.3. The molecule has 5 nitrogen and oxygen atoms in total. The van der Waals surface area contributed by atoms with Gasteiger partial charge in [0.2, 0.25) is 0 Å². The van der Waals surface area contributed by atoms with Crippen LogP contribution in [-0.4, -0.2) is 25.6 Å². The van der Waals surface area contributed by atoms with Crippen LogP contribution in [0.25, 0.3) is 10.2 Å². The molecule has 30 heavy (non-hydrogen) atoms. The second-order valence-electron chi connectivity index (χ2n) is 6.78. The van der Waals surface area contributed by atoms with E-state index in [1.165, 1.54) is 23.7 Å². The molecule has 4 rings (SSSR count). The molecule has 1 amide bonds. The summed E-state index contributed by atoms with van der Waals surface area (Å²) in [7, 11) is -3.33. The molecular formula is C22H17ClN2O3S2. The van der Waals surface area contributed by atoms with Gasteiger partial charge < -0.3 is 0 Å². The number of amides is 1. The fourth-order valence-electron chi connectivity index (χ4n) is 2.98. The predicted molar refractivity (Wildman–Crippen MR) is 121 cm³/mol. The third-order valence-corrected chi connectivity index (χ3v) is 6.93. The van der Waals surface area contributed by atoms with E-state index in [0.29, 0.717) is 32.5 Å². The van der Waals surface area contributed by atoms with Crippen molar-refractivity contribution in [1.82, 2.24) is 4.98 Å². The molecule has 0 spiro atoms. The van der Waals surface area contributed by atoms with Crippen LogP contribution in [0.5, 0.6) is 0 Å². The largest absolute Gasteiger partial charge is 0.279 e. The van der Waals surface area contributed by atoms with Crippen molar-refractivity contribution in [2.45, 2.75) is 11.4 Å². The van der Waals surface area contributed by atoms with Crippen molar-refractivity contribution in [2.24, 2.45) is 0 Å². The number of nitrogens with zero attached hydrogens (tertiary/aromatic N) is 2. The summed E-state index contributed by atoms with van der Waals surface area (Å²) in [6, 6.07) is 21.1. The van der Waals surface area contributed by atoms with E-state index in [1.54, 1.807) is 41.3 Å². The van der Waals surface area contributed by atoms with Crippen LogP contribution in [0.2, 0.25) is 5.02 Å². The van der Waals surface area contributed by atoms with Gasteiger partial charge in [-0.1, -0.05) is 53.3 Å². The Morgan fingerprint density at radius 1 is 1.03 bits per heavy atom. The first-order valence-electron chi connectivity index (χ1n) is 9.03. The van der Waals surface area contributed by atoms with Gasteiger partial charge in [-0.3, -0.25) is 9.69 Å². The van der Waals surface area contributed by atoms with Gasteiger partial charge in [0.25, 0.3) is 5.91 Å². The van der Waals surface area contributed by atoms with Crippen molar-refractivity contribution in [3.05, 3.63) is 88.9 Å². The van der Waals surface area contributed by atoms with E-state index in [0.717, 1.165) is 5.56 Å². The number of benzene rings is 3. The number of sulfone groups is 1. The van der Waals surface area contributed by atoms with Crippen molar-refractivity contribution < 1.29 is 13.2 Å². The van der Waals surface area contributed by atoms with E-state index in [2.05, 4.69) is 4.98 Å². The lowest BCUT2D eigenvalue weighted by molar-refractivity contribution is 0.0985. The van der Waals surface area contributed by atoms with Crippen LogP contribution >= 0.6 is 22.9 Å². The van der Waals surface area contributed by atoms with Crippen LogP contribution in [0, 0.1) is 0 Å². The number of fused-ring (bicyclic) bond motifs is 1. The second kappa shape index (κ2) is 8.18. The zero-order valence-corrected chi connectivity index (χ0v) is 18.3. The lowest BCUT2D eigenvalue weighted by Crippen LogP contribution is -2.30. The van der Waals surface area contributed by atoms with Crippen LogP contribution < -0.4 is 4.90 Å². The number of halogens is 1. The Morgan fingerprint density at radius 3 is 2.40 bits per heavy atom. The van der Waals surface area contributed by atoms with Gasteiger partial charge in [-0.05, 0) is 48.0 Å². The molecular weight excluding hydrogens is 440 g/mol. The van der Waals surface area contributed by atoms with Crippen molar-refractivity contribution >= 4 is 54.0 Å². The maximum atomic E-state index is 13.3. The highest BCUT2D eigenvalue weighted by molar-refractivity contribution is 7.90. The number of anilines is 1. The van der Waals surface area contributed by atoms with Crippen LogP contribution in [-0.2, 0) is 16.4 Å². The van der Waals surface area contributed by atoms with E-state index >= 15 is 0 Å². The highest BCUT2D eigenvalue weighted by atomic mass is 35.5. The van der Waals surface area contributed by atoms with Gasteiger partial charge in [0.1, 0.15) is 0 Å². The van der Waals surface area contributed by atoms with Gasteiger partial charge in [0.15, 0.2) is 15.0 Å². The molecule has 0 aliphatic heterocycles. The Labute approximate surface area is 183 Å². The number of thiazole rings is 1. The topological polar surface area (TPSA) is 67.3 Å². The average Bonchev–Trinajstić information content (AvgIpc) is 3.15. The zero-order valence-electron chi connectivity index (χ0n) is 15.9. The van der Waals surface area contributed by atoms with Crippen molar-refractivity contribution in [3.8, 4) is 0 Å². The fraction of sp³-hybridized carbons (Fsp3) is 0.0909. The summed E-state index contributed by atoms with van der Waals surface area (Å²) in [6.07, 6.45) is 1.17. The lowest BCUT2D eigenvalue weighted by Gasteiger charge is -2.20. The van der Waals surface area contributed by atoms with Gasteiger partial charge in [0, 0.05) is 16.8 Å². The summed E-state index contributed by atoms with van der Waals surface area (Å²) >= 11 is 7.25. The number of aromatic nitrogens is 1. The molecule has 0 bridgehead atoms. The summed E-state index contributed by atoms with van der Waals surface area (Å²) in [5.41, 5.74) is 2.09. The normalized spacial score (nSPS) is 11.5.